The monoisotopic (exact) mass is 376 g/mol. The second-order valence-corrected chi connectivity index (χ2v) is 7.04. The van der Waals surface area contributed by atoms with E-state index in [0.717, 1.165) is 16.8 Å². The predicted molar refractivity (Wildman–Crippen MR) is 107 cm³/mol. The molecule has 1 amide bonds. The summed E-state index contributed by atoms with van der Waals surface area (Å²) >= 11 is 0. The number of benzene rings is 1. The molecule has 0 spiro atoms. The second-order valence-electron chi connectivity index (χ2n) is 7.04. The third kappa shape index (κ3) is 4.12. The summed E-state index contributed by atoms with van der Waals surface area (Å²) in [7, 11) is 1.66. The second kappa shape index (κ2) is 8.35. The average molecular weight is 376 g/mol. The van der Waals surface area contributed by atoms with Crippen LogP contribution in [0.4, 0.5) is 0 Å². The number of aromatic nitrogens is 3. The van der Waals surface area contributed by atoms with E-state index in [2.05, 4.69) is 15.4 Å². The first-order chi connectivity index (χ1) is 13.8. The summed E-state index contributed by atoms with van der Waals surface area (Å²) in [4.78, 5) is 16.8. The summed E-state index contributed by atoms with van der Waals surface area (Å²) in [6, 6.07) is 13.4. The fourth-order valence-electron chi connectivity index (χ4n) is 3.38. The quantitative estimate of drug-likeness (QED) is 0.654. The topological polar surface area (TPSA) is 69.0 Å². The van der Waals surface area contributed by atoms with E-state index >= 15 is 0 Å². The molecule has 144 valence electrons. The summed E-state index contributed by atoms with van der Waals surface area (Å²) in [6.07, 6.45) is 6.07. The minimum absolute atomic E-state index is 0.0750. The van der Waals surface area contributed by atoms with Crippen molar-refractivity contribution in [2.24, 2.45) is 0 Å². The Labute approximate surface area is 164 Å². The Kier molecular flexibility index (Phi) is 5.48. The van der Waals surface area contributed by atoms with Crippen molar-refractivity contribution in [3.63, 3.8) is 0 Å². The van der Waals surface area contributed by atoms with Crippen molar-refractivity contribution in [3.05, 3.63) is 71.7 Å². The van der Waals surface area contributed by atoms with Crippen LogP contribution in [0.2, 0.25) is 0 Å². The molecule has 0 atom stereocenters. The number of nitrogens with zero attached hydrogens (tertiary/aromatic N) is 3. The summed E-state index contributed by atoms with van der Waals surface area (Å²) in [5, 5.41) is 7.55. The van der Waals surface area contributed by atoms with Crippen LogP contribution < -0.4 is 5.32 Å². The van der Waals surface area contributed by atoms with Crippen molar-refractivity contribution in [2.45, 2.75) is 31.9 Å². The van der Waals surface area contributed by atoms with Gasteiger partial charge in [0, 0.05) is 36.9 Å². The van der Waals surface area contributed by atoms with Crippen LogP contribution in [0.3, 0.4) is 0 Å². The van der Waals surface area contributed by atoms with Gasteiger partial charge in [0.25, 0.3) is 5.91 Å². The van der Waals surface area contributed by atoms with Gasteiger partial charge in [-0.2, -0.15) is 5.10 Å². The first-order valence-electron chi connectivity index (χ1n) is 9.59. The number of rotatable bonds is 8. The number of carbonyl (C=O) groups excluding carboxylic acids is 1. The van der Waals surface area contributed by atoms with E-state index in [4.69, 9.17) is 4.74 Å². The van der Waals surface area contributed by atoms with Crippen LogP contribution in [-0.4, -0.2) is 34.3 Å². The summed E-state index contributed by atoms with van der Waals surface area (Å²) in [5.74, 6) is 0.470. The lowest BCUT2D eigenvalue weighted by atomic mass is 10.1. The number of carbonyl (C=O) groups is 1. The highest BCUT2D eigenvalue weighted by atomic mass is 16.5. The highest BCUT2D eigenvalue weighted by molar-refractivity contribution is 5.94. The van der Waals surface area contributed by atoms with Gasteiger partial charge >= 0.3 is 0 Å². The molecule has 2 heterocycles. The lowest BCUT2D eigenvalue weighted by Crippen LogP contribution is -2.28. The lowest BCUT2D eigenvalue weighted by molar-refractivity contribution is 0.0951. The molecule has 1 saturated carbocycles. The van der Waals surface area contributed by atoms with Crippen LogP contribution >= 0.6 is 0 Å². The molecule has 1 aliphatic carbocycles. The molecule has 0 aliphatic heterocycles. The van der Waals surface area contributed by atoms with Gasteiger partial charge in [-0.1, -0.05) is 18.2 Å². The minimum Gasteiger partial charge on any atom is -0.380 e. The third-order valence-electron chi connectivity index (χ3n) is 4.92. The number of hydrogen-bond donors (Lipinski definition) is 1. The zero-order chi connectivity index (χ0) is 19.3. The molecule has 1 N–H and O–H groups in total. The van der Waals surface area contributed by atoms with Crippen LogP contribution in [0.5, 0.6) is 0 Å². The maximum Gasteiger partial charge on any atom is 0.251 e. The molecule has 1 fully saturated rings. The number of nitrogens with one attached hydrogen (secondary N) is 1. The maximum absolute atomic E-state index is 12.4. The van der Waals surface area contributed by atoms with E-state index in [1.165, 1.54) is 18.5 Å². The summed E-state index contributed by atoms with van der Waals surface area (Å²) < 4.78 is 7.11. The van der Waals surface area contributed by atoms with Crippen molar-refractivity contribution >= 4 is 5.91 Å². The van der Waals surface area contributed by atoms with E-state index in [1.807, 2.05) is 59.5 Å². The number of ether oxygens (including phenoxy) is 1. The van der Waals surface area contributed by atoms with E-state index in [9.17, 15) is 4.79 Å². The standard InChI is InChI=1S/C22H24N4O2/c1-28-15-16-5-7-18(8-6-16)22(27)24-12-13-26-21(17-9-10-17)19(14-25-26)20-4-2-3-11-23-20/h2-8,11,14,17H,9-10,12-13,15H2,1H3,(H,24,27). The van der Waals surface area contributed by atoms with Crippen molar-refractivity contribution in [1.82, 2.24) is 20.1 Å². The molecule has 0 radical (unpaired) electrons. The lowest BCUT2D eigenvalue weighted by Gasteiger charge is -2.10. The van der Waals surface area contributed by atoms with Gasteiger partial charge in [0.2, 0.25) is 0 Å². The molecule has 6 heteroatoms. The summed E-state index contributed by atoms with van der Waals surface area (Å²) in [5.41, 5.74) is 4.99. The van der Waals surface area contributed by atoms with Gasteiger partial charge in [-0.25, -0.2) is 0 Å². The van der Waals surface area contributed by atoms with Crippen LogP contribution in [0, 0.1) is 0 Å². The van der Waals surface area contributed by atoms with Crippen molar-refractivity contribution in [2.75, 3.05) is 13.7 Å². The smallest absolute Gasteiger partial charge is 0.251 e. The maximum atomic E-state index is 12.4. The van der Waals surface area contributed by atoms with Crippen molar-refractivity contribution in [1.29, 1.82) is 0 Å². The molecular weight excluding hydrogens is 352 g/mol. The number of amides is 1. The van der Waals surface area contributed by atoms with Gasteiger partial charge in [-0.05, 0) is 42.7 Å². The Morgan fingerprint density at radius 2 is 2.04 bits per heavy atom. The molecule has 2 aromatic heterocycles. The highest BCUT2D eigenvalue weighted by Gasteiger charge is 2.30. The fourth-order valence-corrected chi connectivity index (χ4v) is 3.38. The zero-order valence-corrected chi connectivity index (χ0v) is 16.0. The van der Waals surface area contributed by atoms with Gasteiger partial charge < -0.3 is 10.1 Å². The minimum atomic E-state index is -0.0750. The first kappa shape index (κ1) is 18.4. The molecule has 4 rings (SSSR count). The van der Waals surface area contributed by atoms with Crippen molar-refractivity contribution < 1.29 is 9.53 Å². The number of methoxy groups -OCH3 is 1. The van der Waals surface area contributed by atoms with E-state index in [1.54, 1.807) is 7.11 Å². The van der Waals surface area contributed by atoms with E-state index in [-0.39, 0.29) is 5.91 Å². The highest BCUT2D eigenvalue weighted by Crippen LogP contribution is 2.44. The largest absolute Gasteiger partial charge is 0.380 e. The van der Waals surface area contributed by atoms with Gasteiger partial charge in [-0.15, -0.1) is 0 Å². The SMILES string of the molecule is COCc1ccc(C(=O)NCCn2ncc(-c3ccccn3)c2C2CC2)cc1. The van der Waals surface area contributed by atoms with Gasteiger partial charge in [0.1, 0.15) is 0 Å². The van der Waals surface area contributed by atoms with Crippen molar-refractivity contribution in [3.8, 4) is 11.3 Å². The molecule has 6 nitrogen and oxygen atoms in total. The molecule has 0 unspecified atom stereocenters. The molecule has 0 saturated heterocycles. The van der Waals surface area contributed by atoms with E-state index < -0.39 is 0 Å². The summed E-state index contributed by atoms with van der Waals surface area (Å²) in [6.45, 7) is 1.72. The molecule has 1 aromatic carbocycles. The third-order valence-corrected chi connectivity index (χ3v) is 4.92. The van der Waals surface area contributed by atoms with Crippen LogP contribution in [0.1, 0.15) is 40.4 Å². The number of hydrogen-bond acceptors (Lipinski definition) is 4. The van der Waals surface area contributed by atoms with Gasteiger partial charge in [-0.3, -0.25) is 14.5 Å². The Morgan fingerprint density at radius 1 is 1.21 bits per heavy atom. The molecule has 1 aliphatic rings. The predicted octanol–water partition coefficient (Wildman–Crippen LogP) is 3.40. The average Bonchev–Trinajstić information content (AvgIpc) is 3.49. The Morgan fingerprint density at radius 3 is 2.71 bits per heavy atom. The Balaban J connectivity index is 1.40. The Hall–Kier alpha value is -2.99. The van der Waals surface area contributed by atoms with E-state index in [0.29, 0.717) is 31.2 Å². The van der Waals surface area contributed by atoms with Crippen LogP contribution in [0.15, 0.2) is 54.9 Å². The first-order valence-corrected chi connectivity index (χ1v) is 9.59. The molecule has 3 aromatic rings. The van der Waals surface area contributed by atoms with Crippen LogP contribution in [0.25, 0.3) is 11.3 Å². The van der Waals surface area contributed by atoms with Crippen LogP contribution in [-0.2, 0) is 17.9 Å². The Bertz CT molecular complexity index is 931. The van der Waals surface area contributed by atoms with Gasteiger partial charge in [0.05, 0.1) is 30.7 Å². The number of pyridine rings is 1. The molecular formula is C22H24N4O2. The normalized spacial score (nSPS) is 13.5. The van der Waals surface area contributed by atoms with Gasteiger partial charge in [0.15, 0.2) is 0 Å². The fraction of sp³-hybridized carbons (Fsp3) is 0.318. The molecule has 28 heavy (non-hydrogen) atoms. The zero-order valence-electron chi connectivity index (χ0n) is 16.0. The molecule has 0 bridgehead atoms.